The number of hydrogen-bond donors (Lipinski definition) is 0. The number of carbonyl (C=O) groups excluding carboxylic acids is 2. The Morgan fingerprint density at radius 2 is 1.64 bits per heavy atom. The standard InChI is InChI=1S/C17H14ClNO3/c1-22-16(21)17(18)14(12-8-4-2-5-9-12)19(15(17)20)13-10-6-3-7-11-13/h2-11,14H,1H3. The third-order valence-electron chi connectivity index (χ3n) is 3.80. The number of rotatable bonds is 3. The number of ether oxygens (including phenoxy) is 1. The van der Waals surface area contributed by atoms with Gasteiger partial charge in [0.25, 0.3) is 5.91 Å². The van der Waals surface area contributed by atoms with E-state index in [-0.39, 0.29) is 0 Å². The van der Waals surface area contributed by atoms with Crippen molar-refractivity contribution >= 4 is 29.2 Å². The van der Waals surface area contributed by atoms with Crippen molar-refractivity contribution in [2.45, 2.75) is 10.9 Å². The molecule has 2 aromatic carbocycles. The quantitative estimate of drug-likeness (QED) is 0.379. The molecule has 0 spiro atoms. The monoisotopic (exact) mass is 315 g/mol. The van der Waals surface area contributed by atoms with Crippen molar-refractivity contribution in [3.05, 3.63) is 66.2 Å². The summed E-state index contributed by atoms with van der Waals surface area (Å²) in [5.41, 5.74) is 1.48. The third-order valence-corrected chi connectivity index (χ3v) is 4.32. The van der Waals surface area contributed by atoms with E-state index in [1.165, 1.54) is 12.0 Å². The lowest BCUT2D eigenvalue weighted by molar-refractivity contribution is -0.152. The van der Waals surface area contributed by atoms with E-state index in [0.29, 0.717) is 5.69 Å². The minimum Gasteiger partial charge on any atom is -0.467 e. The molecule has 22 heavy (non-hydrogen) atoms. The van der Waals surface area contributed by atoms with Crippen molar-refractivity contribution in [3.63, 3.8) is 0 Å². The lowest BCUT2D eigenvalue weighted by Gasteiger charge is -2.50. The van der Waals surface area contributed by atoms with Crippen molar-refractivity contribution in [2.75, 3.05) is 12.0 Å². The fourth-order valence-corrected chi connectivity index (χ4v) is 3.13. The van der Waals surface area contributed by atoms with Gasteiger partial charge in [0.1, 0.15) is 6.04 Å². The molecule has 1 aliphatic rings. The van der Waals surface area contributed by atoms with Gasteiger partial charge in [-0.1, -0.05) is 60.1 Å². The summed E-state index contributed by atoms with van der Waals surface area (Å²) >= 11 is 6.39. The summed E-state index contributed by atoms with van der Waals surface area (Å²) in [6.07, 6.45) is 0. The highest BCUT2D eigenvalue weighted by molar-refractivity contribution is 6.51. The number of hydrogen-bond acceptors (Lipinski definition) is 3. The number of carbonyl (C=O) groups is 2. The number of nitrogens with zero attached hydrogens (tertiary/aromatic N) is 1. The molecule has 0 N–H and O–H groups in total. The molecule has 2 unspecified atom stereocenters. The van der Waals surface area contributed by atoms with Gasteiger partial charge >= 0.3 is 5.97 Å². The number of esters is 1. The van der Waals surface area contributed by atoms with Crippen LogP contribution < -0.4 is 4.90 Å². The van der Waals surface area contributed by atoms with Crippen LogP contribution in [0.3, 0.4) is 0 Å². The molecule has 0 radical (unpaired) electrons. The maximum absolute atomic E-state index is 12.6. The molecule has 2 aromatic rings. The van der Waals surface area contributed by atoms with E-state index in [4.69, 9.17) is 16.3 Å². The molecule has 112 valence electrons. The van der Waals surface area contributed by atoms with E-state index < -0.39 is 22.8 Å². The van der Waals surface area contributed by atoms with Gasteiger partial charge in [-0.05, 0) is 17.7 Å². The molecule has 1 fully saturated rings. The molecular weight excluding hydrogens is 302 g/mol. The van der Waals surface area contributed by atoms with Gasteiger partial charge in [0.2, 0.25) is 4.87 Å². The van der Waals surface area contributed by atoms with Crippen LogP contribution >= 0.6 is 11.6 Å². The van der Waals surface area contributed by atoms with Gasteiger partial charge in [-0.15, -0.1) is 0 Å². The zero-order chi connectivity index (χ0) is 15.7. The highest BCUT2D eigenvalue weighted by Gasteiger charge is 2.66. The predicted octanol–water partition coefficient (Wildman–Crippen LogP) is 2.93. The van der Waals surface area contributed by atoms with Crippen molar-refractivity contribution < 1.29 is 14.3 Å². The number of amides is 1. The highest BCUT2D eigenvalue weighted by atomic mass is 35.5. The van der Waals surface area contributed by atoms with Gasteiger partial charge in [0.15, 0.2) is 0 Å². The van der Waals surface area contributed by atoms with Gasteiger partial charge in [-0.3, -0.25) is 9.69 Å². The molecule has 1 saturated heterocycles. The second kappa shape index (κ2) is 5.46. The number of anilines is 1. The number of halogens is 1. The van der Waals surface area contributed by atoms with Crippen molar-refractivity contribution in [1.82, 2.24) is 0 Å². The molecule has 0 bridgehead atoms. The molecule has 3 rings (SSSR count). The Morgan fingerprint density at radius 3 is 2.18 bits per heavy atom. The molecule has 0 aliphatic carbocycles. The third kappa shape index (κ3) is 1.99. The summed E-state index contributed by atoms with van der Waals surface area (Å²) in [6, 6.07) is 17.8. The van der Waals surface area contributed by atoms with E-state index in [1.807, 2.05) is 60.7 Å². The molecule has 1 aliphatic heterocycles. The van der Waals surface area contributed by atoms with Gasteiger partial charge in [0.05, 0.1) is 7.11 Å². The molecule has 2 atom stereocenters. The fraction of sp³-hybridized carbons (Fsp3) is 0.176. The normalized spacial score (nSPS) is 23.8. The Hall–Kier alpha value is -2.33. The molecule has 0 saturated carbocycles. The maximum atomic E-state index is 12.6. The SMILES string of the molecule is COC(=O)C1(Cl)C(=O)N(c2ccccc2)C1c1ccccc1. The summed E-state index contributed by atoms with van der Waals surface area (Å²) in [5, 5.41) is 0. The minimum absolute atomic E-state index is 0.471. The highest BCUT2D eigenvalue weighted by Crippen LogP contribution is 2.50. The molecule has 5 heteroatoms. The summed E-state index contributed by atoms with van der Waals surface area (Å²) in [4.78, 5) is 24.5. The van der Waals surface area contributed by atoms with Crippen molar-refractivity contribution in [1.29, 1.82) is 0 Å². The average Bonchev–Trinajstić information content (AvgIpc) is 2.59. The van der Waals surface area contributed by atoms with Crippen LogP contribution in [0.2, 0.25) is 0 Å². The molecule has 4 nitrogen and oxygen atoms in total. The first-order valence-electron chi connectivity index (χ1n) is 6.81. The van der Waals surface area contributed by atoms with Gasteiger partial charge in [-0.25, -0.2) is 4.79 Å². The number of alkyl halides is 1. The fourth-order valence-electron chi connectivity index (χ4n) is 2.74. The van der Waals surface area contributed by atoms with Crippen molar-refractivity contribution in [3.8, 4) is 0 Å². The first-order valence-corrected chi connectivity index (χ1v) is 7.19. The van der Waals surface area contributed by atoms with Gasteiger partial charge < -0.3 is 4.74 Å². The number of para-hydroxylation sites is 1. The first kappa shape index (κ1) is 14.6. The van der Waals surface area contributed by atoms with Crippen LogP contribution in [0.5, 0.6) is 0 Å². The lowest BCUT2D eigenvalue weighted by Crippen LogP contribution is -2.69. The van der Waals surface area contributed by atoms with Crippen LogP contribution in [0, 0.1) is 0 Å². The predicted molar refractivity (Wildman–Crippen MR) is 83.7 cm³/mol. The Morgan fingerprint density at radius 1 is 1.09 bits per heavy atom. The van der Waals surface area contributed by atoms with Crippen LogP contribution in [0.25, 0.3) is 0 Å². The zero-order valence-electron chi connectivity index (χ0n) is 11.9. The summed E-state index contributed by atoms with van der Waals surface area (Å²) < 4.78 is 4.75. The molecule has 0 aromatic heterocycles. The van der Waals surface area contributed by atoms with Crippen molar-refractivity contribution in [2.24, 2.45) is 0 Å². The summed E-state index contributed by atoms with van der Waals surface area (Å²) in [5.74, 6) is -1.21. The second-order valence-corrected chi connectivity index (χ2v) is 5.62. The number of benzene rings is 2. The van der Waals surface area contributed by atoms with Crippen LogP contribution in [0.15, 0.2) is 60.7 Å². The summed E-state index contributed by atoms with van der Waals surface area (Å²) in [7, 11) is 1.23. The van der Waals surface area contributed by atoms with E-state index in [9.17, 15) is 9.59 Å². The van der Waals surface area contributed by atoms with Gasteiger partial charge in [0, 0.05) is 5.69 Å². The van der Waals surface area contributed by atoms with Gasteiger partial charge in [-0.2, -0.15) is 0 Å². The van der Waals surface area contributed by atoms with Crippen LogP contribution in [0.1, 0.15) is 11.6 Å². The number of methoxy groups -OCH3 is 1. The van der Waals surface area contributed by atoms with Crippen LogP contribution in [-0.2, 0) is 14.3 Å². The molecular formula is C17H14ClNO3. The number of β-lactam (4-membered cyclic amide) rings is 1. The van der Waals surface area contributed by atoms with Crippen LogP contribution in [-0.4, -0.2) is 23.9 Å². The molecule has 1 amide bonds. The second-order valence-electron chi connectivity index (χ2n) is 5.03. The Labute approximate surface area is 133 Å². The minimum atomic E-state index is -1.72. The van der Waals surface area contributed by atoms with E-state index in [2.05, 4.69) is 0 Å². The van der Waals surface area contributed by atoms with E-state index in [0.717, 1.165) is 5.56 Å². The average molecular weight is 316 g/mol. The smallest absolute Gasteiger partial charge is 0.339 e. The van der Waals surface area contributed by atoms with E-state index in [1.54, 1.807) is 0 Å². The van der Waals surface area contributed by atoms with Crippen LogP contribution in [0.4, 0.5) is 5.69 Å². The Kier molecular flexibility index (Phi) is 3.62. The largest absolute Gasteiger partial charge is 0.467 e. The topological polar surface area (TPSA) is 46.6 Å². The Balaban J connectivity index is 2.09. The molecule has 1 heterocycles. The lowest BCUT2D eigenvalue weighted by atomic mass is 9.81. The zero-order valence-corrected chi connectivity index (χ0v) is 12.7. The summed E-state index contributed by atoms with van der Waals surface area (Å²) in [6.45, 7) is 0. The van der Waals surface area contributed by atoms with E-state index >= 15 is 0 Å². The maximum Gasteiger partial charge on any atom is 0.339 e. The first-order chi connectivity index (χ1) is 10.6. The Bertz CT molecular complexity index is 704.